The van der Waals surface area contributed by atoms with Crippen LogP contribution in [-0.4, -0.2) is 43.9 Å². The molecule has 1 fully saturated rings. The Morgan fingerprint density at radius 3 is 2.40 bits per heavy atom. The van der Waals surface area contributed by atoms with Crippen LogP contribution in [0.4, 0.5) is 5.13 Å². The van der Waals surface area contributed by atoms with E-state index in [1.54, 1.807) is 41.7 Å². The highest BCUT2D eigenvalue weighted by Crippen LogP contribution is 2.29. The molecule has 1 aliphatic heterocycles. The maximum Gasteiger partial charge on any atom is 0.244 e. The lowest BCUT2D eigenvalue weighted by atomic mass is 10.1. The normalized spacial score (nSPS) is 15.5. The number of nitrogens with zero attached hydrogens (tertiary/aromatic N) is 3. The second-order valence-electron chi connectivity index (χ2n) is 6.86. The summed E-state index contributed by atoms with van der Waals surface area (Å²) in [5.74, 6) is 0. The molecule has 0 spiro atoms. The van der Waals surface area contributed by atoms with Crippen LogP contribution in [0, 0.1) is 0 Å². The smallest absolute Gasteiger partial charge is 0.244 e. The van der Waals surface area contributed by atoms with E-state index < -0.39 is 10.0 Å². The summed E-state index contributed by atoms with van der Waals surface area (Å²) >= 11 is 19.9. The molecule has 0 atom stereocenters. The van der Waals surface area contributed by atoms with Crippen LogP contribution in [0.1, 0.15) is 11.3 Å². The average Bonchev–Trinajstić information content (AvgIpc) is 3.19. The zero-order chi connectivity index (χ0) is 21.3. The molecule has 1 aliphatic rings. The highest BCUT2D eigenvalue weighted by atomic mass is 35.5. The minimum absolute atomic E-state index is 0.150. The molecule has 2 heterocycles. The molecule has 1 saturated heterocycles. The molecule has 30 heavy (non-hydrogen) atoms. The fourth-order valence-electron chi connectivity index (χ4n) is 3.30. The third-order valence-corrected chi connectivity index (χ3v) is 8.83. The van der Waals surface area contributed by atoms with Gasteiger partial charge in [0.1, 0.15) is 4.90 Å². The van der Waals surface area contributed by atoms with Gasteiger partial charge in [0.25, 0.3) is 0 Å². The molecule has 0 amide bonds. The number of sulfonamides is 1. The lowest BCUT2D eigenvalue weighted by molar-refractivity contribution is 0.384. The molecule has 10 heteroatoms. The summed E-state index contributed by atoms with van der Waals surface area (Å²) in [7, 11) is -3.61. The second-order valence-corrected chi connectivity index (χ2v) is 10.8. The Morgan fingerprint density at radius 2 is 1.70 bits per heavy atom. The van der Waals surface area contributed by atoms with E-state index in [9.17, 15) is 8.42 Å². The van der Waals surface area contributed by atoms with Crippen molar-refractivity contribution in [3.63, 3.8) is 0 Å². The van der Waals surface area contributed by atoms with Crippen LogP contribution in [0.15, 0.2) is 52.7 Å². The molecule has 3 aromatic rings. The Balaban J connectivity index is 1.42. The topological polar surface area (TPSA) is 53.5 Å². The van der Waals surface area contributed by atoms with Gasteiger partial charge in [-0.05, 0) is 29.8 Å². The van der Waals surface area contributed by atoms with E-state index >= 15 is 0 Å². The van der Waals surface area contributed by atoms with E-state index in [0.717, 1.165) is 16.4 Å². The van der Waals surface area contributed by atoms with Gasteiger partial charge in [0.05, 0.1) is 10.7 Å². The Bertz CT molecular complexity index is 1160. The summed E-state index contributed by atoms with van der Waals surface area (Å²) in [5, 5.41) is 4.35. The second kappa shape index (κ2) is 9.02. The van der Waals surface area contributed by atoms with Gasteiger partial charge < -0.3 is 4.90 Å². The number of halogens is 3. The monoisotopic (exact) mass is 501 g/mol. The van der Waals surface area contributed by atoms with Crippen molar-refractivity contribution < 1.29 is 8.42 Å². The number of aromatic nitrogens is 1. The highest BCUT2D eigenvalue weighted by molar-refractivity contribution is 7.89. The average molecular weight is 503 g/mol. The van der Waals surface area contributed by atoms with Gasteiger partial charge in [0, 0.05) is 48.0 Å². The van der Waals surface area contributed by atoms with Gasteiger partial charge in [0.2, 0.25) is 10.0 Å². The molecule has 2 aromatic carbocycles. The van der Waals surface area contributed by atoms with Gasteiger partial charge in [-0.3, -0.25) is 0 Å². The third kappa shape index (κ3) is 4.61. The first-order valence-electron chi connectivity index (χ1n) is 9.22. The Hall–Kier alpha value is -1.35. The van der Waals surface area contributed by atoms with Gasteiger partial charge in [-0.2, -0.15) is 4.31 Å². The number of rotatable bonds is 5. The van der Waals surface area contributed by atoms with E-state index in [0.29, 0.717) is 42.6 Å². The van der Waals surface area contributed by atoms with Crippen LogP contribution in [0.5, 0.6) is 0 Å². The molecule has 158 valence electrons. The van der Waals surface area contributed by atoms with E-state index in [1.165, 1.54) is 4.31 Å². The van der Waals surface area contributed by atoms with Crippen LogP contribution in [0.25, 0.3) is 0 Å². The van der Waals surface area contributed by atoms with Crippen molar-refractivity contribution in [3.05, 3.63) is 74.2 Å². The molecule has 5 nitrogen and oxygen atoms in total. The van der Waals surface area contributed by atoms with Crippen molar-refractivity contribution in [2.24, 2.45) is 0 Å². The van der Waals surface area contributed by atoms with Crippen molar-refractivity contribution in [2.75, 3.05) is 31.1 Å². The first kappa shape index (κ1) is 21.9. The predicted octanol–water partition coefficient (Wildman–Crippen LogP) is 5.21. The third-order valence-electron chi connectivity index (χ3n) is 4.89. The molecule has 0 N–H and O–H groups in total. The number of benzene rings is 2. The minimum atomic E-state index is -3.61. The van der Waals surface area contributed by atoms with Crippen molar-refractivity contribution in [3.8, 4) is 0 Å². The predicted molar refractivity (Wildman–Crippen MR) is 124 cm³/mol. The van der Waals surface area contributed by atoms with E-state index in [1.807, 2.05) is 17.5 Å². The number of thiazole rings is 1. The van der Waals surface area contributed by atoms with Crippen molar-refractivity contribution in [1.29, 1.82) is 0 Å². The van der Waals surface area contributed by atoms with E-state index in [-0.39, 0.29) is 9.92 Å². The van der Waals surface area contributed by atoms with Gasteiger partial charge in [-0.1, -0.05) is 53.0 Å². The first-order valence-corrected chi connectivity index (χ1v) is 12.7. The lowest BCUT2D eigenvalue weighted by Crippen LogP contribution is -2.48. The molecule has 0 bridgehead atoms. The van der Waals surface area contributed by atoms with Crippen molar-refractivity contribution >= 4 is 61.3 Å². The van der Waals surface area contributed by atoms with E-state index in [4.69, 9.17) is 39.8 Å². The van der Waals surface area contributed by atoms with Crippen LogP contribution < -0.4 is 4.90 Å². The SMILES string of the molecule is O=S(=O)(c1ccccc1Cl)N1CCN(c2nc(Cc3ccc(Cl)cc3Cl)cs2)CC1. The van der Waals surface area contributed by atoms with Crippen LogP contribution >= 0.6 is 46.1 Å². The number of anilines is 1. The summed E-state index contributed by atoms with van der Waals surface area (Å²) in [6, 6.07) is 12.0. The fraction of sp³-hybridized carbons (Fsp3) is 0.250. The van der Waals surface area contributed by atoms with Gasteiger partial charge in [-0.25, -0.2) is 13.4 Å². The maximum absolute atomic E-state index is 12.9. The Morgan fingerprint density at radius 1 is 0.967 bits per heavy atom. The summed E-state index contributed by atoms with van der Waals surface area (Å²) in [6.45, 7) is 1.90. The first-order chi connectivity index (χ1) is 14.3. The number of hydrogen-bond acceptors (Lipinski definition) is 5. The van der Waals surface area contributed by atoms with Gasteiger partial charge in [0.15, 0.2) is 5.13 Å². The maximum atomic E-state index is 12.9. The van der Waals surface area contributed by atoms with Crippen LogP contribution in [0.3, 0.4) is 0 Å². The highest BCUT2D eigenvalue weighted by Gasteiger charge is 2.30. The summed E-state index contributed by atoms with van der Waals surface area (Å²) in [4.78, 5) is 6.97. The van der Waals surface area contributed by atoms with Crippen LogP contribution in [0.2, 0.25) is 15.1 Å². The molecule has 0 aliphatic carbocycles. The summed E-state index contributed by atoms with van der Waals surface area (Å²) < 4.78 is 27.3. The Kier molecular flexibility index (Phi) is 6.58. The van der Waals surface area contributed by atoms with Gasteiger partial charge >= 0.3 is 0 Å². The zero-order valence-corrected chi connectivity index (χ0v) is 19.7. The minimum Gasteiger partial charge on any atom is -0.345 e. The van der Waals surface area contributed by atoms with Crippen molar-refractivity contribution in [2.45, 2.75) is 11.3 Å². The van der Waals surface area contributed by atoms with Crippen molar-refractivity contribution in [1.82, 2.24) is 9.29 Å². The van der Waals surface area contributed by atoms with E-state index in [2.05, 4.69) is 4.90 Å². The lowest BCUT2D eigenvalue weighted by Gasteiger charge is -2.33. The standard InChI is InChI=1S/C20H18Cl3N3O2S2/c21-15-6-5-14(18(23)12-15)11-16-13-29-20(24-16)25-7-9-26(10-8-25)30(27,28)19-4-2-1-3-17(19)22/h1-6,12-13H,7-11H2. The summed E-state index contributed by atoms with van der Waals surface area (Å²) in [5.41, 5.74) is 1.89. The van der Waals surface area contributed by atoms with Crippen LogP contribution in [-0.2, 0) is 16.4 Å². The molecular weight excluding hydrogens is 485 g/mol. The molecule has 1 aromatic heterocycles. The number of piperazine rings is 1. The molecule has 0 unspecified atom stereocenters. The molecule has 4 rings (SSSR count). The summed E-state index contributed by atoms with van der Waals surface area (Å²) in [6.07, 6.45) is 0.618. The molecular formula is C20H18Cl3N3O2S2. The fourth-order valence-corrected chi connectivity index (χ4v) is 6.57. The molecule has 0 radical (unpaired) electrons. The largest absolute Gasteiger partial charge is 0.345 e. The molecule has 0 saturated carbocycles. The zero-order valence-electron chi connectivity index (χ0n) is 15.8. The van der Waals surface area contributed by atoms with Gasteiger partial charge in [-0.15, -0.1) is 11.3 Å². The quantitative estimate of drug-likeness (QED) is 0.481. The Labute approximate surface area is 194 Å². The number of hydrogen-bond donors (Lipinski definition) is 0.